The average molecular weight is 381 g/mol. The van der Waals surface area contributed by atoms with Crippen LogP contribution >= 0.6 is 0 Å². The number of nitrogens with zero attached hydrogens (tertiary/aromatic N) is 1. The third kappa shape index (κ3) is 3.19. The molecule has 0 aliphatic carbocycles. The number of benzene rings is 2. The van der Waals surface area contributed by atoms with E-state index in [9.17, 15) is 14.7 Å². The Balaban J connectivity index is 1.54. The van der Waals surface area contributed by atoms with Crippen LogP contribution in [0.3, 0.4) is 0 Å². The van der Waals surface area contributed by atoms with E-state index in [2.05, 4.69) is 0 Å². The Morgan fingerprint density at radius 2 is 1.96 bits per heavy atom. The lowest BCUT2D eigenvalue weighted by atomic mass is 9.74. The molecule has 0 unspecified atom stereocenters. The van der Waals surface area contributed by atoms with Crippen LogP contribution in [0.5, 0.6) is 11.5 Å². The van der Waals surface area contributed by atoms with Crippen molar-refractivity contribution >= 4 is 11.9 Å². The number of carbonyl (C=O) groups is 2. The van der Waals surface area contributed by atoms with Crippen molar-refractivity contribution in [1.82, 2.24) is 4.90 Å². The molecule has 6 heteroatoms. The van der Waals surface area contributed by atoms with Gasteiger partial charge in [0.15, 0.2) is 0 Å². The van der Waals surface area contributed by atoms with Crippen LogP contribution in [0.2, 0.25) is 0 Å². The summed E-state index contributed by atoms with van der Waals surface area (Å²) in [5.74, 6) is 0.316. The second-order valence-corrected chi connectivity index (χ2v) is 7.55. The summed E-state index contributed by atoms with van der Waals surface area (Å²) in [6.45, 7) is 0.907. The number of rotatable bonds is 4. The van der Waals surface area contributed by atoms with E-state index in [1.54, 1.807) is 12.0 Å². The molecule has 2 aliphatic rings. The van der Waals surface area contributed by atoms with Gasteiger partial charge in [-0.2, -0.15) is 0 Å². The van der Waals surface area contributed by atoms with E-state index in [1.807, 2.05) is 48.5 Å². The summed E-state index contributed by atoms with van der Waals surface area (Å²) in [6, 6.07) is 14.9. The normalized spacial score (nSPS) is 23.2. The smallest absolute Gasteiger partial charge is 0.312 e. The molecule has 0 bridgehead atoms. The Morgan fingerprint density at radius 1 is 1.21 bits per heavy atom. The van der Waals surface area contributed by atoms with Gasteiger partial charge < -0.3 is 19.5 Å². The Bertz CT molecular complexity index is 894. The molecule has 1 N–H and O–H groups in total. The molecule has 2 atom stereocenters. The summed E-state index contributed by atoms with van der Waals surface area (Å²) in [5, 5.41) is 10.1. The standard InChI is InChI=1S/C22H23NO5/c1-27-18-8-6-15(7-9-18)10-20(24)23-12-17-13-28-19-5-3-2-4-16(19)11-22(17,14-23)21(25)26/h2-9,17H,10-14H2,1H3,(H,25,26)/t17-,22+/m1/s1. The van der Waals surface area contributed by atoms with E-state index in [-0.39, 0.29) is 24.8 Å². The van der Waals surface area contributed by atoms with Gasteiger partial charge in [-0.25, -0.2) is 0 Å². The van der Waals surface area contributed by atoms with E-state index >= 15 is 0 Å². The number of carboxylic acid groups (broad SMARTS) is 1. The van der Waals surface area contributed by atoms with Crippen molar-refractivity contribution in [3.8, 4) is 11.5 Å². The number of para-hydroxylation sites is 1. The summed E-state index contributed by atoms with van der Waals surface area (Å²) < 4.78 is 11.0. The van der Waals surface area contributed by atoms with Gasteiger partial charge in [0.2, 0.25) is 5.91 Å². The molecule has 2 aromatic rings. The second-order valence-electron chi connectivity index (χ2n) is 7.55. The molecule has 2 heterocycles. The SMILES string of the molecule is COc1ccc(CC(=O)N2C[C@@H]3COc4ccccc4C[C@]3(C(=O)O)C2)cc1. The molecular formula is C22H23NO5. The highest BCUT2D eigenvalue weighted by atomic mass is 16.5. The molecule has 0 aromatic heterocycles. The number of ether oxygens (including phenoxy) is 2. The summed E-state index contributed by atoms with van der Waals surface area (Å²) in [6.07, 6.45) is 0.610. The number of aliphatic carboxylic acids is 1. The van der Waals surface area contributed by atoms with Crippen LogP contribution < -0.4 is 9.47 Å². The van der Waals surface area contributed by atoms with Gasteiger partial charge in [-0.3, -0.25) is 9.59 Å². The zero-order valence-electron chi connectivity index (χ0n) is 15.8. The number of hydrogen-bond donors (Lipinski definition) is 1. The van der Waals surface area contributed by atoms with Crippen LogP contribution in [0, 0.1) is 11.3 Å². The number of hydrogen-bond acceptors (Lipinski definition) is 4. The molecule has 28 heavy (non-hydrogen) atoms. The van der Waals surface area contributed by atoms with E-state index in [0.29, 0.717) is 19.6 Å². The minimum absolute atomic E-state index is 0.0628. The maximum Gasteiger partial charge on any atom is 0.312 e. The van der Waals surface area contributed by atoms with Crippen LogP contribution in [0.15, 0.2) is 48.5 Å². The average Bonchev–Trinajstić information content (AvgIpc) is 3.00. The number of fused-ring (bicyclic) bond motifs is 2. The number of methoxy groups -OCH3 is 1. The fraction of sp³-hybridized carbons (Fsp3) is 0.364. The quantitative estimate of drug-likeness (QED) is 0.880. The highest BCUT2D eigenvalue weighted by Crippen LogP contribution is 2.44. The summed E-state index contributed by atoms with van der Waals surface area (Å²) in [7, 11) is 1.60. The Labute approximate surface area is 163 Å². The molecule has 0 spiro atoms. The monoisotopic (exact) mass is 381 g/mol. The molecule has 1 saturated heterocycles. The summed E-state index contributed by atoms with van der Waals surface area (Å²) in [4.78, 5) is 26.9. The Kier molecular flexibility index (Phi) is 4.71. The first-order valence-corrected chi connectivity index (χ1v) is 9.36. The largest absolute Gasteiger partial charge is 0.497 e. The van der Waals surface area contributed by atoms with Gasteiger partial charge in [0.05, 0.1) is 25.6 Å². The van der Waals surface area contributed by atoms with Crippen LogP contribution in [0.25, 0.3) is 0 Å². The maximum atomic E-state index is 12.9. The third-order valence-corrected chi connectivity index (χ3v) is 5.91. The van der Waals surface area contributed by atoms with Crippen LogP contribution in [0.4, 0.5) is 0 Å². The highest BCUT2D eigenvalue weighted by Gasteiger charge is 2.55. The molecule has 146 valence electrons. The minimum Gasteiger partial charge on any atom is -0.497 e. The Hall–Kier alpha value is -3.02. The van der Waals surface area contributed by atoms with Crippen molar-refractivity contribution in [2.24, 2.45) is 11.3 Å². The Morgan fingerprint density at radius 3 is 2.68 bits per heavy atom. The van der Waals surface area contributed by atoms with Gasteiger partial charge in [-0.1, -0.05) is 30.3 Å². The molecule has 2 aromatic carbocycles. The molecule has 6 nitrogen and oxygen atoms in total. The summed E-state index contributed by atoms with van der Waals surface area (Å²) >= 11 is 0. The molecular weight excluding hydrogens is 358 g/mol. The van der Waals surface area contributed by atoms with E-state index in [0.717, 1.165) is 22.6 Å². The van der Waals surface area contributed by atoms with Gasteiger partial charge >= 0.3 is 5.97 Å². The van der Waals surface area contributed by atoms with Crippen LogP contribution in [0.1, 0.15) is 11.1 Å². The van der Waals surface area contributed by atoms with Gasteiger partial charge in [-0.05, 0) is 35.7 Å². The van der Waals surface area contributed by atoms with E-state index < -0.39 is 11.4 Å². The van der Waals surface area contributed by atoms with Crippen LogP contribution in [-0.4, -0.2) is 48.7 Å². The first kappa shape index (κ1) is 18.3. The highest BCUT2D eigenvalue weighted by molar-refractivity contribution is 5.83. The van der Waals surface area contributed by atoms with Crippen molar-refractivity contribution in [3.05, 3.63) is 59.7 Å². The summed E-state index contributed by atoms with van der Waals surface area (Å²) in [5.41, 5.74) is 0.753. The molecule has 0 saturated carbocycles. The molecule has 1 amide bonds. The second kappa shape index (κ2) is 7.19. The molecule has 0 radical (unpaired) electrons. The van der Waals surface area contributed by atoms with Gasteiger partial charge in [-0.15, -0.1) is 0 Å². The lowest BCUT2D eigenvalue weighted by Crippen LogP contribution is -2.42. The van der Waals surface area contributed by atoms with Crippen molar-refractivity contribution in [3.63, 3.8) is 0 Å². The lowest BCUT2D eigenvalue weighted by Gasteiger charge is -2.27. The fourth-order valence-corrected chi connectivity index (χ4v) is 4.25. The van der Waals surface area contributed by atoms with Crippen molar-refractivity contribution < 1.29 is 24.2 Å². The molecule has 1 fully saturated rings. The molecule has 2 aliphatic heterocycles. The van der Waals surface area contributed by atoms with E-state index in [4.69, 9.17) is 9.47 Å². The third-order valence-electron chi connectivity index (χ3n) is 5.91. The number of carbonyl (C=O) groups excluding carboxylic acids is 1. The lowest BCUT2D eigenvalue weighted by molar-refractivity contribution is -0.151. The zero-order chi connectivity index (χ0) is 19.7. The minimum atomic E-state index is -1.01. The van der Waals surface area contributed by atoms with Gasteiger partial charge in [0.25, 0.3) is 0 Å². The first-order chi connectivity index (χ1) is 13.5. The number of likely N-dealkylation sites (tertiary alicyclic amines) is 1. The van der Waals surface area contributed by atoms with Gasteiger partial charge in [0.1, 0.15) is 11.5 Å². The predicted molar refractivity (Wildman–Crippen MR) is 102 cm³/mol. The fourth-order valence-electron chi connectivity index (χ4n) is 4.25. The number of amides is 1. The zero-order valence-corrected chi connectivity index (χ0v) is 15.8. The molecule has 4 rings (SSSR count). The predicted octanol–water partition coefficient (Wildman–Crippen LogP) is 2.40. The van der Waals surface area contributed by atoms with E-state index in [1.165, 1.54) is 0 Å². The first-order valence-electron chi connectivity index (χ1n) is 9.36. The van der Waals surface area contributed by atoms with Crippen molar-refractivity contribution in [2.45, 2.75) is 12.8 Å². The van der Waals surface area contributed by atoms with Crippen molar-refractivity contribution in [2.75, 3.05) is 26.8 Å². The van der Waals surface area contributed by atoms with Crippen molar-refractivity contribution in [1.29, 1.82) is 0 Å². The van der Waals surface area contributed by atoms with Gasteiger partial charge in [0, 0.05) is 19.0 Å². The topological polar surface area (TPSA) is 76.1 Å². The number of carboxylic acids is 1. The maximum absolute atomic E-state index is 12.9. The van der Waals surface area contributed by atoms with Crippen LogP contribution in [-0.2, 0) is 22.4 Å².